The lowest BCUT2D eigenvalue weighted by Gasteiger charge is -2.12. The van der Waals surface area contributed by atoms with Crippen LogP contribution in [0.2, 0.25) is 5.02 Å². The van der Waals surface area contributed by atoms with E-state index in [2.05, 4.69) is 15.7 Å². The molecule has 0 radical (unpaired) electrons. The van der Waals surface area contributed by atoms with E-state index in [0.29, 0.717) is 28.4 Å². The summed E-state index contributed by atoms with van der Waals surface area (Å²) in [5, 5.41) is 10.0. The molecule has 9 heteroatoms. The number of carbonyl (C=O) groups excluding carboxylic acids is 2. The standard InChI is InChI=1S/C22H17ClFN5O2/c1-14(30)26-16-6-9-20(19(23)12-16)27-21(31)18-13-25-29(17-7-4-15(24)5-8-17)22(18)28-10-2-3-11-28/h2-13H,1H3,(H,26,30)(H,27,31). The number of halogens is 2. The van der Waals surface area contributed by atoms with Gasteiger partial charge in [-0.2, -0.15) is 5.10 Å². The highest BCUT2D eigenvalue weighted by molar-refractivity contribution is 6.34. The summed E-state index contributed by atoms with van der Waals surface area (Å²) >= 11 is 6.27. The summed E-state index contributed by atoms with van der Waals surface area (Å²) in [5.74, 6) is -0.530. The molecular formula is C22H17ClFN5O2. The van der Waals surface area contributed by atoms with Gasteiger partial charge in [0.05, 0.1) is 22.6 Å². The summed E-state index contributed by atoms with van der Waals surface area (Å²) in [5.41, 5.74) is 1.80. The maximum atomic E-state index is 13.4. The summed E-state index contributed by atoms with van der Waals surface area (Å²) in [6.07, 6.45) is 5.00. The molecule has 7 nitrogen and oxygen atoms in total. The number of anilines is 2. The molecule has 2 N–H and O–H groups in total. The van der Waals surface area contributed by atoms with E-state index in [4.69, 9.17) is 11.6 Å². The lowest BCUT2D eigenvalue weighted by Crippen LogP contribution is -2.15. The van der Waals surface area contributed by atoms with Gasteiger partial charge in [-0.3, -0.25) is 9.59 Å². The maximum Gasteiger partial charge on any atom is 0.261 e. The highest BCUT2D eigenvalue weighted by Gasteiger charge is 2.21. The molecule has 0 unspecified atom stereocenters. The van der Waals surface area contributed by atoms with Gasteiger partial charge in [-0.25, -0.2) is 9.07 Å². The first-order valence-corrected chi connectivity index (χ1v) is 9.66. The Kier molecular flexibility index (Phi) is 5.55. The molecule has 156 valence electrons. The zero-order valence-electron chi connectivity index (χ0n) is 16.3. The third-order valence-electron chi connectivity index (χ3n) is 4.45. The smallest absolute Gasteiger partial charge is 0.261 e. The van der Waals surface area contributed by atoms with Crippen molar-refractivity contribution in [2.45, 2.75) is 6.92 Å². The second kappa shape index (κ2) is 8.45. The Bertz CT molecular complexity index is 1250. The van der Waals surface area contributed by atoms with Crippen LogP contribution in [0.4, 0.5) is 15.8 Å². The molecule has 0 aliphatic heterocycles. The van der Waals surface area contributed by atoms with Crippen molar-refractivity contribution in [2.75, 3.05) is 10.6 Å². The van der Waals surface area contributed by atoms with Gasteiger partial charge in [-0.1, -0.05) is 11.6 Å². The van der Waals surface area contributed by atoms with Crippen LogP contribution in [-0.4, -0.2) is 26.2 Å². The molecule has 2 amide bonds. The monoisotopic (exact) mass is 437 g/mol. The fraction of sp³-hybridized carbons (Fsp3) is 0.0455. The van der Waals surface area contributed by atoms with Crippen LogP contribution in [0.1, 0.15) is 17.3 Å². The van der Waals surface area contributed by atoms with E-state index >= 15 is 0 Å². The summed E-state index contributed by atoms with van der Waals surface area (Å²) in [7, 11) is 0. The molecule has 2 aromatic heterocycles. The lowest BCUT2D eigenvalue weighted by molar-refractivity contribution is -0.114. The minimum absolute atomic E-state index is 0.225. The van der Waals surface area contributed by atoms with Gasteiger partial charge in [0.25, 0.3) is 5.91 Å². The van der Waals surface area contributed by atoms with Crippen LogP contribution in [0.25, 0.3) is 11.5 Å². The molecule has 4 aromatic rings. The summed E-state index contributed by atoms with van der Waals surface area (Å²) in [6, 6.07) is 14.2. The second-order valence-corrected chi connectivity index (χ2v) is 7.10. The third-order valence-corrected chi connectivity index (χ3v) is 4.76. The largest absolute Gasteiger partial charge is 0.326 e. The Hall–Kier alpha value is -3.91. The van der Waals surface area contributed by atoms with E-state index in [1.807, 2.05) is 12.1 Å². The summed E-state index contributed by atoms with van der Waals surface area (Å²) in [6.45, 7) is 1.39. The number of carbonyl (C=O) groups is 2. The Morgan fingerprint density at radius 1 is 1.03 bits per heavy atom. The molecule has 0 atom stereocenters. The quantitative estimate of drug-likeness (QED) is 0.476. The van der Waals surface area contributed by atoms with E-state index in [9.17, 15) is 14.0 Å². The predicted molar refractivity (Wildman–Crippen MR) is 117 cm³/mol. The van der Waals surface area contributed by atoms with Crippen molar-refractivity contribution in [3.05, 3.63) is 89.6 Å². The first-order valence-electron chi connectivity index (χ1n) is 9.28. The minimum atomic E-state index is -0.425. The van der Waals surface area contributed by atoms with Gasteiger partial charge >= 0.3 is 0 Å². The number of benzene rings is 2. The predicted octanol–water partition coefficient (Wildman–Crippen LogP) is 4.67. The average Bonchev–Trinajstić information content (AvgIpc) is 3.39. The molecule has 2 aromatic carbocycles. The van der Waals surface area contributed by atoms with E-state index in [0.717, 1.165) is 0 Å². The second-order valence-electron chi connectivity index (χ2n) is 6.69. The zero-order chi connectivity index (χ0) is 22.0. The number of rotatable bonds is 5. The van der Waals surface area contributed by atoms with Crippen LogP contribution in [0, 0.1) is 5.82 Å². The Morgan fingerprint density at radius 3 is 2.39 bits per heavy atom. The first kappa shape index (κ1) is 20.4. The number of nitrogens with one attached hydrogen (secondary N) is 2. The molecule has 0 fully saturated rings. The Balaban J connectivity index is 1.69. The van der Waals surface area contributed by atoms with E-state index < -0.39 is 5.91 Å². The van der Waals surface area contributed by atoms with Gasteiger partial charge in [-0.05, 0) is 54.6 Å². The number of nitrogens with zero attached hydrogens (tertiary/aromatic N) is 3. The van der Waals surface area contributed by atoms with Crippen LogP contribution in [0.5, 0.6) is 0 Å². The Morgan fingerprint density at radius 2 is 1.74 bits per heavy atom. The van der Waals surface area contributed by atoms with E-state index in [1.165, 1.54) is 25.3 Å². The average molecular weight is 438 g/mol. The number of hydrogen-bond acceptors (Lipinski definition) is 3. The van der Waals surface area contributed by atoms with Crippen molar-refractivity contribution in [2.24, 2.45) is 0 Å². The zero-order valence-corrected chi connectivity index (χ0v) is 17.1. The molecule has 4 rings (SSSR count). The van der Waals surface area contributed by atoms with Crippen molar-refractivity contribution < 1.29 is 14.0 Å². The molecule has 0 saturated carbocycles. The van der Waals surface area contributed by atoms with Crippen LogP contribution >= 0.6 is 11.6 Å². The highest BCUT2D eigenvalue weighted by atomic mass is 35.5. The van der Waals surface area contributed by atoms with Crippen LogP contribution < -0.4 is 10.6 Å². The van der Waals surface area contributed by atoms with Crippen LogP contribution in [0.15, 0.2) is 73.2 Å². The maximum absolute atomic E-state index is 13.4. The van der Waals surface area contributed by atoms with E-state index in [-0.39, 0.29) is 16.7 Å². The number of aromatic nitrogens is 3. The molecular weight excluding hydrogens is 421 g/mol. The van der Waals surface area contributed by atoms with Crippen molar-refractivity contribution in [3.63, 3.8) is 0 Å². The van der Waals surface area contributed by atoms with Crippen molar-refractivity contribution in [1.29, 1.82) is 0 Å². The van der Waals surface area contributed by atoms with Gasteiger partial charge in [0.2, 0.25) is 5.91 Å². The topological polar surface area (TPSA) is 81.0 Å². The first-order chi connectivity index (χ1) is 14.9. The van der Waals surface area contributed by atoms with Crippen LogP contribution in [-0.2, 0) is 4.79 Å². The Labute approximate surface area is 182 Å². The molecule has 0 saturated heterocycles. The molecule has 2 heterocycles. The molecule has 0 spiro atoms. The van der Waals surface area contributed by atoms with E-state index in [1.54, 1.807) is 52.0 Å². The van der Waals surface area contributed by atoms with Gasteiger partial charge < -0.3 is 15.2 Å². The van der Waals surface area contributed by atoms with Gasteiger partial charge in [-0.15, -0.1) is 0 Å². The fourth-order valence-corrected chi connectivity index (χ4v) is 3.31. The van der Waals surface area contributed by atoms with Crippen LogP contribution in [0.3, 0.4) is 0 Å². The number of amides is 2. The summed E-state index contributed by atoms with van der Waals surface area (Å²) in [4.78, 5) is 24.3. The van der Waals surface area contributed by atoms with Gasteiger partial charge in [0.1, 0.15) is 11.4 Å². The lowest BCUT2D eigenvalue weighted by atomic mass is 10.2. The summed E-state index contributed by atoms with van der Waals surface area (Å²) < 4.78 is 16.6. The molecule has 0 aliphatic rings. The fourth-order valence-electron chi connectivity index (χ4n) is 3.08. The van der Waals surface area contributed by atoms with Gasteiger partial charge in [0.15, 0.2) is 5.82 Å². The molecule has 31 heavy (non-hydrogen) atoms. The highest BCUT2D eigenvalue weighted by Crippen LogP contribution is 2.27. The normalized spacial score (nSPS) is 10.7. The third kappa shape index (κ3) is 4.34. The number of hydrogen-bond donors (Lipinski definition) is 2. The van der Waals surface area contributed by atoms with Crippen molar-refractivity contribution in [1.82, 2.24) is 14.3 Å². The SMILES string of the molecule is CC(=O)Nc1ccc(NC(=O)c2cnn(-c3ccc(F)cc3)c2-n2cccc2)c(Cl)c1. The van der Waals surface area contributed by atoms with Crippen molar-refractivity contribution in [3.8, 4) is 11.5 Å². The molecule has 0 aliphatic carbocycles. The molecule has 0 bridgehead atoms. The van der Waals surface area contributed by atoms with Crippen molar-refractivity contribution >= 4 is 34.8 Å². The minimum Gasteiger partial charge on any atom is -0.326 e. The van der Waals surface area contributed by atoms with Gasteiger partial charge in [0, 0.05) is 25.0 Å².